The molecule has 0 aliphatic heterocycles. The van der Waals surface area contributed by atoms with Crippen molar-refractivity contribution >= 4 is 15.9 Å². The molecule has 1 unspecified atom stereocenters. The average Bonchev–Trinajstić information content (AvgIpc) is 2.55. The summed E-state index contributed by atoms with van der Waals surface area (Å²) in [5.41, 5.74) is 3.71. The topological polar surface area (TPSA) is 30.5 Å². The molecule has 0 bridgehead atoms. The Hall–Kier alpha value is -1.52. The summed E-state index contributed by atoms with van der Waals surface area (Å²) in [5, 5.41) is 3.55. The van der Waals surface area contributed by atoms with Crippen LogP contribution in [-0.4, -0.2) is 13.7 Å². The van der Waals surface area contributed by atoms with E-state index in [9.17, 15) is 0 Å². The van der Waals surface area contributed by atoms with Gasteiger partial charge in [-0.25, -0.2) is 0 Å². The lowest BCUT2D eigenvalue weighted by Gasteiger charge is -2.17. The normalized spacial score (nSPS) is 12.0. The van der Waals surface area contributed by atoms with Gasteiger partial charge in [-0.3, -0.25) is 0 Å². The second kappa shape index (κ2) is 8.37. The van der Waals surface area contributed by atoms with Crippen molar-refractivity contribution in [2.24, 2.45) is 0 Å². The number of ether oxygens (including phenoxy) is 2. The molecule has 124 valence electrons. The van der Waals surface area contributed by atoms with E-state index in [0.717, 1.165) is 28.1 Å². The highest BCUT2D eigenvalue weighted by molar-refractivity contribution is 9.10. The molecule has 1 N–H and O–H groups in total. The lowest BCUT2D eigenvalue weighted by molar-refractivity contribution is 0.308. The molecule has 23 heavy (non-hydrogen) atoms. The minimum atomic E-state index is 0.284. The van der Waals surface area contributed by atoms with Crippen molar-refractivity contribution in [2.45, 2.75) is 33.4 Å². The van der Waals surface area contributed by atoms with Gasteiger partial charge in [0.2, 0.25) is 0 Å². The van der Waals surface area contributed by atoms with Gasteiger partial charge in [-0.1, -0.05) is 29.8 Å². The van der Waals surface area contributed by atoms with Crippen LogP contribution in [0.4, 0.5) is 0 Å². The zero-order chi connectivity index (χ0) is 16.8. The molecule has 0 amide bonds. The number of methoxy groups -OCH3 is 1. The van der Waals surface area contributed by atoms with E-state index in [1.54, 1.807) is 7.11 Å². The fourth-order valence-corrected chi connectivity index (χ4v) is 3.01. The van der Waals surface area contributed by atoms with Crippen LogP contribution in [-0.2, 0) is 6.54 Å². The third-order valence-electron chi connectivity index (χ3n) is 3.77. The summed E-state index contributed by atoms with van der Waals surface area (Å²) in [6, 6.07) is 13.0. The molecule has 0 radical (unpaired) electrons. The van der Waals surface area contributed by atoms with Gasteiger partial charge in [-0.05, 0) is 60.0 Å². The van der Waals surface area contributed by atoms with Gasteiger partial charge < -0.3 is 14.8 Å². The van der Waals surface area contributed by atoms with Gasteiger partial charge in [0.25, 0.3) is 0 Å². The van der Waals surface area contributed by atoms with Gasteiger partial charge in [-0.2, -0.15) is 0 Å². The number of rotatable bonds is 7. The van der Waals surface area contributed by atoms with Crippen LogP contribution in [0.5, 0.6) is 11.5 Å². The number of halogens is 1. The number of hydrogen-bond donors (Lipinski definition) is 1. The average molecular weight is 378 g/mol. The molecule has 0 aliphatic rings. The molecule has 2 aromatic rings. The number of hydrogen-bond acceptors (Lipinski definition) is 3. The molecule has 0 aromatic heterocycles. The quantitative estimate of drug-likeness (QED) is 0.734. The van der Waals surface area contributed by atoms with Gasteiger partial charge in [-0.15, -0.1) is 0 Å². The Balaban J connectivity index is 2.08. The summed E-state index contributed by atoms with van der Waals surface area (Å²) in [7, 11) is 1.66. The molecule has 3 nitrogen and oxygen atoms in total. The Labute approximate surface area is 147 Å². The number of nitrogens with one attached hydrogen (secondary N) is 1. The third kappa shape index (κ3) is 4.72. The maximum atomic E-state index is 5.63. The second-order valence-electron chi connectivity index (χ2n) is 5.56. The Morgan fingerprint density at radius 3 is 2.48 bits per heavy atom. The van der Waals surface area contributed by atoms with Crippen molar-refractivity contribution < 1.29 is 9.47 Å². The van der Waals surface area contributed by atoms with E-state index in [-0.39, 0.29) is 6.04 Å². The van der Waals surface area contributed by atoms with Crippen LogP contribution in [0, 0.1) is 6.92 Å². The molecule has 2 aromatic carbocycles. The smallest absolute Gasteiger partial charge is 0.175 e. The summed E-state index contributed by atoms with van der Waals surface area (Å²) >= 11 is 3.57. The van der Waals surface area contributed by atoms with E-state index in [1.807, 2.05) is 13.0 Å². The van der Waals surface area contributed by atoms with Crippen LogP contribution in [0.15, 0.2) is 40.9 Å². The molecule has 0 heterocycles. The summed E-state index contributed by atoms with van der Waals surface area (Å²) in [5.74, 6) is 1.51. The monoisotopic (exact) mass is 377 g/mol. The maximum absolute atomic E-state index is 5.63. The first-order chi connectivity index (χ1) is 11.0. The molecule has 0 saturated heterocycles. The fourth-order valence-electron chi connectivity index (χ4n) is 2.40. The lowest BCUT2D eigenvalue weighted by atomic mass is 10.1. The van der Waals surface area contributed by atoms with Gasteiger partial charge in [0.15, 0.2) is 11.5 Å². The predicted octanol–water partition coefficient (Wildman–Crippen LogP) is 5.02. The standard InChI is InChI=1S/C19H24BrNO2/c1-5-23-19-17(20)10-15(11-18(19)22-4)12-21-14(3)16-8-6-13(2)7-9-16/h6-11,14,21H,5,12H2,1-4H3. The first kappa shape index (κ1) is 17.8. The minimum Gasteiger partial charge on any atom is -0.493 e. The number of aryl methyl sites for hydroxylation is 1. The molecule has 0 aliphatic carbocycles. The van der Waals surface area contributed by atoms with Crippen LogP contribution in [0.1, 0.15) is 36.6 Å². The van der Waals surface area contributed by atoms with E-state index in [1.165, 1.54) is 11.1 Å². The summed E-state index contributed by atoms with van der Waals surface area (Å²) in [6.07, 6.45) is 0. The highest BCUT2D eigenvalue weighted by Gasteiger charge is 2.12. The zero-order valence-corrected chi connectivity index (χ0v) is 15.7. The molecule has 0 spiro atoms. The van der Waals surface area contributed by atoms with E-state index in [4.69, 9.17) is 9.47 Å². The van der Waals surface area contributed by atoms with Gasteiger partial charge >= 0.3 is 0 Å². The van der Waals surface area contributed by atoms with E-state index < -0.39 is 0 Å². The van der Waals surface area contributed by atoms with Crippen molar-refractivity contribution in [3.8, 4) is 11.5 Å². The zero-order valence-electron chi connectivity index (χ0n) is 14.2. The summed E-state index contributed by atoms with van der Waals surface area (Å²) < 4.78 is 12.0. The van der Waals surface area contributed by atoms with Crippen molar-refractivity contribution in [3.63, 3.8) is 0 Å². The molecular weight excluding hydrogens is 354 g/mol. The molecule has 1 atom stereocenters. The molecule has 2 rings (SSSR count). The number of benzene rings is 2. The highest BCUT2D eigenvalue weighted by Crippen LogP contribution is 2.36. The van der Waals surface area contributed by atoms with E-state index in [2.05, 4.69) is 65.4 Å². The van der Waals surface area contributed by atoms with Crippen LogP contribution < -0.4 is 14.8 Å². The Bertz CT molecular complexity index is 641. The first-order valence-corrected chi connectivity index (χ1v) is 8.63. The van der Waals surface area contributed by atoms with Crippen LogP contribution in [0.25, 0.3) is 0 Å². The maximum Gasteiger partial charge on any atom is 0.175 e. The van der Waals surface area contributed by atoms with Crippen molar-refractivity contribution in [1.82, 2.24) is 5.32 Å². The molecule has 0 fully saturated rings. The minimum absolute atomic E-state index is 0.284. The van der Waals surface area contributed by atoms with E-state index >= 15 is 0 Å². The Morgan fingerprint density at radius 2 is 1.87 bits per heavy atom. The Morgan fingerprint density at radius 1 is 1.17 bits per heavy atom. The predicted molar refractivity (Wildman–Crippen MR) is 98.3 cm³/mol. The van der Waals surface area contributed by atoms with Crippen molar-refractivity contribution in [1.29, 1.82) is 0 Å². The van der Waals surface area contributed by atoms with Crippen LogP contribution in [0.3, 0.4) is 0 Å². The van der Waals surface area contributed by atoms with Gasteiger partial charge in [0, 0.05) is 12.6 Å². The SMILES string of the molecule is CCOc1c(Br)cc(CNC(C)c2ccc(C)cc2)cc1OC. The summed E-state index contributed by atoms with van der Waals surface area (Å²) in [4.78, 5) is 0. The second-order valence-corrected chi connectivity index (χ2v) is 6.41. The molecule has 0 saturated carbocycles. The van der Waals surface area contributed by atoms with E-state index in [0.29, 0.717) is 6.61 Å². The molecular formula is C19H24BrNO2. The van der Waals surface area contributed by atoms with Crippen molar-refractivity contribution in [2.75, 3.05) is 13.7 Å². The molecule has 4 heteroatoms. The highest BCUT2D eigenvalue weighted by atomic mass is 79.9. The van der Waals surface area contributed by atoms with Crippen LogP contribution in [0.2, 0.25) is 0 Å². The van der Waals surface area contributed by atoms with Crippen LogP contribution >= 0.6 is 15.9 Å². The Kier molecular flexibility index (Phi) is 6.48. The first-order valence-electron chi connectivity index (χ1n) is 7.84. The lowest BCUT2D eigenvalue weighted by Crippen LogP contribution is -2.18. The summed E-state index contributed by atoms with van der Waals surface area (Å²) in [6.45, 7) is 7.61. The van der Waals surface area contributed by atoms with Gasteiger partial charge in [0.1, 0.15) is 0 Å². The third-order valence-corrected chi connectivity index (χ3v) is 4.36. The van der Waals surface area contributed by atoms with Crippen molar-refractivity contribution in [3.05, 3.63) is 57.6 Å². The van der Waals surface area contributed by atoms with Gasteiger partial charge in [0.05, 0.1) is 18.2 Å². The largest absolute Gasteiger partial charge is 0.493 e. The fraction of sp³-hybridized carbons (Fsp3) is 0.368.